The molecule has 0 radical (unpaired) electrons. The minimum absolute atomic E-state index is 0.223. The lowest BCUT2D eigenvalue weighted by Gasteiger charge is -2.18. The molecule has 0 atom stereocenters. The largest absolute Gasteiger partial charge is 0.452 e. The van der Waals surface area contributed by atoms with Crippen LogP contribution >= 0.6 is 0 Å². The smallest absolute Gasteiger partial charge is 0.341 e. The SMILES string of the molecule is CCN(CC)S(=O)(=O)c1ccc(F)c(C(=O)OCC(=O)Nc2ccccc2C)c1. The summed E-state index contributed by atoms with van der Waals surface area (Å²) in [6.45, 7) is 4.97. The topological polar surface area (TPSA) is 92.8 Å². The van der Waals surface area contributed by atoms with E-state index in [9.17, 15) is 22.4 Å². The van der Waals surface area contributed by atoms with Gasteiger partial charge in [0.05, 0.1) is 10.5 Å². The zero-order valence-corrected chi connectivity index (χ0v) is 17.3. The summed E-state index contributed by atoms with van der Waals surface area (Å²) in [7, 11) is -3.87. The molecule has 0 aromatic heterocycles. The fourth-order valence-corrected chi connectivity index (χ4v) is 4.13. The number of para-hydroxylation sites is 1. The fraction of sp³-hybridized carbons (Fsp3) is 0.300. The molecule has 1 N–H and O–H groups in total. The molecular formula is C20H23FN2O5S. The standard InChI is InChI=1S/C20H23FN2O5S/c1-4-23(5-2)29(26,27)15-10-11-17(21)16(12-15)20(25)28-13-19(24)22-18-9-7-6-8-14(18)3/h6-12H,4-5,13H2,1-3H3,(H,22,24). The highest BCUT2D eigenvalue weighted by Gasteiger charge is 2.25. The van der Waals surface area contributed by atoms with Crippen LogP contribution in [0.2, 0.25) is 0 Å². The summed E-state index contributed by atoms with van der Waals surface area (Å²) in [4.78, 5) is 24.0. The van der Waals surface area contributed by atoms with Crippen LogP contribution in [-0.4, -0.2) is 44.3 Å². The molecule has 0 saturated carbocycles. The number of rotatable bonds is 8. The Labute approximate surface area is 169 Å². The molecule has 0 saturated heterocycles. The van der Waals surface area contributed by atoms with Gasteiger partial charge in [-0.2, -0.15) is 4.31 Å². The minimum atomic E-state index is -3.87. The number of carbonyl (C=O) groups is 2. The summed E-state index contributed by atoms with van der Waals surface area (Å²) in [5.41, 5.74) is 0.835. The molecule has 2 aromatic rings. The van der Waals surface area contributed by atoms with Crippen molar-refractivity contribution in [2.75, 3.05) is 25.0 Å². The molecule has 0 heterocycles. The van der Waals surface area contributed by atoms with Gasteiger partial charge in [-0.1, -0.05) is 32.0 Å². The second-order valence-electron chi connectivity index (χ2n) is 6.17. The van der Waals surface area contributed by atoms with Gasteiger partial charge in [-0.3, -0.25) is 4.79 Å². The van der Waals surface area contributed by atoms with Crippen molar-refractivity contribution in [3.63, 3.8) is 0 Å². The number of halogens is 1. The molecular weight excluding hydrogens is 399 g/mol. The van der Waals surface area contributed by atoms with E-state index in [1.165, 1.54) is 4.31 Å². The zero-order valence-electron chi connectivity index (χ0n) is 16.4. The molecule has 9 heteroatoms. The first-order valence-electron chi connectivity index (χ1n) is 9.03. The normalized spacial score (nSPS) is 11.3. The third-order valence-electron chi connectivity index (χ3n) is 4.25. The van der Waals surface area contributed by atoms with Crippen molar-refractivity contribution in [3.8, 4) is 0 Å². The number of aryl methyl sites for hydroxylation is 1. The van der Waals surface area contributed by atoms with Gasteiger partial charge in [-0.15, -0.1) is 0 Å². The summed E-state index contributed by atoms with van der Waals surface area (Å²) in [5.74, 6) is -2.66. The van der Waals surface area contributed by atoms with Crippen molar-refractivity contribution >= 4 is 27.6 Å². The van der Waals surface area contributed by atoms with Crippen molar-refractivity contribution in [1.82, 2.24) is 4.31 Å². The van der Waals surface area contributed by atoms with Gasteiger partial charge in [0.1, 0.15) is 5.82 Å². The molecule has 0 fully saturated rings. The molecule has 0 spiro atoms. The number of sulfonamides is 1. The van der Waals surface area contributed by atoms with Gasteiger partial charge in [0.2, 0.25) is 10.0 Å². The first kappa shape index (κ1) is 22.5. The third kappa shape index (κ3) is 5.39. The van der Waals surface area contributed by atoms with E-state index in [0.29, 0.717) is 5.69 Å². The quantitative estimate of drug-likeness (QED) is 0.661. The van der Waals surface area contributed by atoms with Crippen LogP contribution in [0.25, 0.3) is 0 Å². The summed E-state index contributed by atoms with van der Waals surface area (Å²) >= 11 is 0. The molecule has 29 heavy (non-hydrogen) atoms. The average molecular weight is 422 g/mol. The maximum Gasteiger partial charge on any atom is 0.341 e. The highest BCUT2D eigenvalue weighted by Crippen LogP contribution is 2.20. The number of nitrogens with one attached hydrogen (secondary N) is 1. The van der Waals surface area contributed by atoms with E-state index < -0.39 is 39.9 Å². The molecule has 1 amide bonds. The Bertz CT molecular complexity index is 1000. The highest BCUT2D eigenvalue weighted by molar-refractivity contribution is 7.89. The summed E-state index contributed by atoms with van der Waals surface area (Å²) in [6.07, 6.45) is 0. The average Bonchev–Trinajstić information content (AvgIpc) is 2.69. The highest BCUT2D eigenvalue weighted by atomic mass is 32.2. The summed E-state index contributed by atoms with van der Waals surface area (Å²) in [6, 6.07) is 9.95. The van der Waals surface area contributed by atoms with Crippen LogP contribution in [0.5, 0.6) is 0 Å². The van der Waals surface area contributed by atoms with Gasteiger partial charge in [0.15, 0.2) is 6.61 Å². The number of ether oxygens (including phenoxy) is 1. The van der Waals surface area contributed by atoms with E-state index >= 15 is 0 Å². The Balaban J connectivity index is 2.13. The van der Waals surface area contributed by atoms with Gasteiger partial charge < -0.3 is 10.1 Å². The number of esters is 1. The van der Waals surface area contributed by atoms with Crippen LogP contribution in [-0.2, 0) is 19.6 Å². The minimum Gasteiger partial charge on any atom is -0.452 e. The lowest BCUT2D eigenvalue weighted by Crippen LogP contribution is -2.30. The number of hydrogen-bond donors (Lipinski definition) is 1. The Morgan fingerprint density at radius 2 is 1.76 bits per heavy atom. The van der Waals surface area contributed by atoms with Crippen molar-refractivity contribution < 1.29 is 27.1 Å². The second-order valence-corrected chi connectivity index (χ2v) is 8.11. The number of carbonyl (C=O) groups excluding carboxylic acids is 2. The molecule has 0 bridgehead atoms. The monoisotopic (exact) mass is 422 g/mol. The Morgan fingerprint density at radius 3 is 2.38 bits per heavy atom. The van der Waals surface area contributed by atoms with E-state index in [4.69, 9.17) is 4.74 Å². The number of benzene rings is 2. The predicted molar refractivity (Wildman–Crippen MR) is 107 cm³/mol. The molecule has 2 aromatic carbocycles. The van der Waals surface area contributed by atoms with Crippen LogP contribution in [0.1, 0.15) is 29.8 Å². The Hall–Kier alpha value is -2.78. The molecule has 2 rings (SSSR count). The van der Waals surface area contributed by atoms with E-state index in [2.05, 4.69) is 5.32 Å². The second kappa shape index (κ2) is 9.62. The van der Waals surface area contributed by atoms with Gasteiger partial charge in [-0.25, -0.2) is 17.6 Å². The summed E-state index contributed by atoms with van der Waals surface area (Å²) < 4.78 is 45.3. The van der Waals surface area contributed by atoms with Gasteiger partial charge in [0, 0.05) is 18.8 Å². The Kier molecular flexibility index (Phi) is 7.46. The van der Waals surface area contributed by atoms with E-state index in [-0.39, 0.29) is 18.0 Å². The fourth-order valence-electron chi connectivity index (χ4n) is 2.64. The molecule has 0 unspecified atom stereocenters. The van der Waals surface area contributed by atoms with E-state index in [1.807, 2.05) is 6.07 Å². The van der Waals surface area contributed by atoms with Crippen molar-refractivity contribution in [3.05, 3.63) is 59.4 Å². The molecule has 7 nitrogen and oxygen atoms in total. The van der Waals surface area contributed by atoms with Crippen molar-refractivity contribution in [2.24, 2.45) is 0 Å². The number of hydrogen-bond acceptors (Lipinski definition) is 5. The maximum atomic E-state index is 14.1. The van der Waals surface area contributed by atoms with Gasteiger partial charge >= 0.3 is 5.97 Å². The van der Waals surface area contributed by atoms with Crippen LogP contribution < -0.4 is 5.32 Å². The number of amides is 1. The van der Waals surface area contributed by atoms with Crippen LogP contribution in [0.15, 0.2) is 47.4 Å². The predicted octanol–water partition coefficient (Wildman–Crippen LogP) is 2.96. The molecule has 0 aliphatic carbocycles. The third-order valence-corrected chi connectivity index (χ3v) is 6.30. The molecule has 156 valence electrons. The Morgan fingerprint density at radius 1 is 1.10 bits per heavy atom. The van der Waals surface area contributed by atoms with E-state index in [1.54, 1.807) is 39.0 Å². The zero-order chi connectivity index (χ0) is 21.6. The number of nitrogens with zero attached hydrogens (tertiary/aromatic N) is 1. The van der Waals surface area contributed by atoms with Gasteiger partial charge in [0.25, 0.3) is 5.91 Å². The van der Waals surface area contributed by atoms with Gasteiger partial charge in [-0.05, 0) is 36.8 Å². The molecule has 0 aliphatic rings. The van der Waals surface area contributed by atoms with Crippen LogP contribution in [0, 0.1) is 12.7 Å². The van der Waals surface area contributed by atoms with E-state index in [0.717, 1.165) is 23.8 Å². The first-order chi connectivity index (χ1) is 13.7. The maximum absolute atomic E-state index is 14.1. The van der Waals surface area contributed by atoms with Crippen LogP contribution in [0.4, 0.5) is 10.1 Å². The summed E-state index contributed by atoms with van der Waals surface area (Å²) in [5, 5.41) is 2.58. The first-order valence-corrected chi connectivity index (χ1v) is 10.5. The molecule has 0 aliphatic heterocycles. The lowest BCUT2D eigenvalue weighted by atomic mass is 10.2. The lowest BCUT2D eigenvalue weighted by molar-refractivity contribution is -0.119. The van der Waals surface area contributed by atoms with Crippen LogP contribution in [0.3, 0.4) is 0 Å². The number of anilines is 1. The van der Waals surface area contributed by atoms with Crippen molar-refractivity contribution in [1.29, 1.82) is 0 Å². The van der Waals surface area contributed by atoms with Crippen molar-refractivity contribution in [2.45, 2.75) is 25.7 Å².